The van der Waals surface area contributed by atoms with Crippen LogP contribution < -0.4 is 5.32 Å². The fourth-order valence-corrected chi connectivity index (χ4v) is 2.62. The molecule has 1 amide bonds. The van der Waals surface area contributed by atoms with Gasteiger partial charge in [0.15, 0.2) is 5.75 Å². The molecular formula is C20H13N3O4. The second-order valence-corrected chi connectivity index (χ2v) is 5.66. The number of nitrogens with zero attached hydrogens (tertiary/aromatic N) is 2. The molecule has 0 fully saturated rings. The van der Waals surface area contributed by atoms with Crippen molar-refractivity contribution in [3.8, 4) is 11.8 Å². The summed E-state index contributed by atoms with van der Waals surface area (Å²) in [5.41, 5.74) is 0.0819. The van der Waals surface area contributed by atoms with Crippen molar-refractivity contribution in [1.82, 2.24) is 0 Å². The number of rotatable bonds is 4. The Kier molecular flexibility index (Phi) is 4.82. The second-order valence-electron chi connectivity index (χ2n) is 5.66. The minimum absolute atomic E-state index is 0.220. The van der Waals surface area contributed by atoms with E-state index in [1.54, 1.807) is 18.2 Å². The van der Waals surface area contributed by atoms with Crippen molar-refractivity contribution < 1.29 is 14.8 Å². The van der Waals surface area contributed by atoms with Gasteiger partial charge in [0, 0.05) is 17.1 Å². The zero-order valence-corrected chi connectivity index (χ0v) is 13.9. The maximum atomic E-state index is 12.5. The predicted molar refractivity (Wildman–Crippen MR) is 101 cm³/mol. The topological polar surface area (TPSA) is 116 Å². The number of nitro groups is 1. The smallest absolute Gasteiger partial charge is 0.311 e. The molecule has 0 aliphatic carbocycles. The van der Waals surface area contributed by atoms with Crippen LogP contribution in [0.2, 0.25) is 0 Å². The first-order valence-corrected chi connectivity index (χ1v) is 7.88. The van der Waals surface area contributed by atoms with Gasteiger partial charge in [0.25, 0.3) is 5.91 Å². The number of nitro benzene ring substituents is 1. The molecule has 0 aliphatic rings. The van der Waals surface area contributed by atoms with Crippen LogP contribution in [0.15, 0.2) is 66.2 Å². The van der Waals surface area contributed by atoms with Crippen molar-refractivity contribution in [1.29, 1.82) is 5.26 Å². The third-order valence-electron chi connectivity index (χ3n) is 3.91. The number of carbonyl (C=O) groups excluding carboxylic acids is 1. The van der Waals surface area contributed by atoms with E-state index in [1.807, 2.05) is 30.3 Å². The summed E-state index contributed by atoms with van der Waals surface area (Å²) in [4.78, 5) is 22.7. The van der Waals surface area contributed by atoms with Crippen molar-refractivity contribution >= 4 is 34.1 Å². The van der Waals surface area contributed by atoms with Crippen LogP contribution in [0, 0.1) is 21.4 Å². The SMILES string of the molecule is N#C/C(=C\c1ccc(O)c([N+](=O)[O-])c1)C(=O)Nc1cccc2ccccc12. The Balaban J connectivity index is 1.93. The third-order valence-corrected chi connectivity index (χ3v) is 3.91. The maximum absolute atomic E-state index is 12.5. The van der Waals surface area contributed by atoms with Crippen molar-refractivity contribution in [3.63, 3.8) is 0 Å². The highest BCUT2D eigenvalue weighted by Crippen LogP contribution is 2.28. The molecule has 0 radical (unpaired) electrons. The number of benzene rings is 3. The summed E-state index contributed by atoms with van der Waals surface area (Å²) in [5, 5.41) is 34.2. The molecule has 7 nitrogen and oxygen atoms in total. The quantitative estimate of drug-likeness (QED) is 0.316. The predicted octanol–water partition coefficient (Wildman–Crippen LogP) is 4.00. The Morgan fingerprint density at radius 2 is 1.89 bits per heavy atom. The van der Waals surface area contributed by atoms with E-state index in [4.69, 9.17) is 0 Å². The number of phenolic OH excluding ortho intramolecular Hbond substituents is 1. The molecule has 2 N–H and O–H groups in total. The van der Waals surface area contributed by atoms with Gasteiger partial charge < -0.3 is 10.4 Å². The summed E-state index contributed by atoms with van der Waals surface area (Å²) in [5.74, 6) is -1.12. The molecule has 132 valence electrons. The maximum Gasteiger partial charge on any atom is 0.311 e. The number of phenols is 1. The van der Waals surface area contributed by atoms with E-state index in [0.29, 0.717) is 5.69 Å². The van der Waals surface area contributed by atoms with E-state index in [2.05, 4.69) is 5.32 Å². The number of fused-ring (bicyclic) bond motifs is 1. The highest BCUT2D eigenvalue weighted by molar-refractivity contribution is 6.12. The molecular weight excluding hydrogens is 346 g/mol. The van der Waals surface area contributed by atoms with Crippen LogP contribution in [0.5, 0.6) is 5.75 Å². The van der Waals surface area contributed by atoms with Gasteiger partial charge in [0.05, 0.1) is 4.92 Å². The van der Waals surface area contributed by atoms with Crippen molar-refractivity contribution in [2.75, 3.05) is 5.32 Å². The van der Waals surface area contributed by atoms with E-state index in [1.165, 1.54) is 12.1 Å². The molecule has 0 unspecified atom stereocenters. The molecule has 0 bridgehead atoms. The minimum atomic E-state index is -0.741. The summed E-state index contributed by atoms with van der Waals surface area (Å²) in [6.07, 6.45) is 1.23. The van der Waals surface area contributed by atoms with Gasteiger partial charge >= 0.3 is 5.69 Å². The molecule has 0 atom stereocenters. The zero-order valence-electron chi connectivity index (χ0n) is 13.9. The highest BCUT2D eigenvalue weighted by atomic mass is 16.6. The van der Waals surface area contributed by atoms with Crippen molar-refractivity contribution in [2.45, 2.75) is 0 Å². The molecule has 0 heterocycles. The fourth-order valence-electron chi connectivity index (χ4n) is 2.62. The molecule has 3 aromatic rings. The standard InChI is InChI=1S/C20H13N3O4/c21-12-15(10-13-8-9-19(24)18(11-13)23(26)27)20(25)22-17-7-3-5-14-4-1-2-6-16(14)17/h1-11,24H,(H,22,25)/b15-10+. The Morgan fingerprint density at radius 1 is 1.15 bits per heavy atom. The normalized spacial score (nSPS) is 11.0. The zero-order chi connectivity index (χ0) is 19.4. The van der Waals surface area contributed by atoms with Gasteiger partial charge in [-0.25, -0.2) is 0 Å². The molecule has 27 heavy (non-hydrogen) atoms. The highest BCUT2D eigenvalue weighted by Gasteiger charge is 2.15. The first kappa shape index (κ1) is 17.6. The summed E-state index contributed by atoms with van der Waals surface area (Å²) in [6.45, 7) is 0. The van der Waals surface area contributed by atoms with Gasteiger partial charge in [0.2, 0.25) is 0 Å². The van der Waals surface area contributed by atoms with E-state index in [9.17, 15) is 25.3 Å². The number of nitriles is 1. The third kappa shape index (κ3) is 3.75. The number of carbonyl (C=O) groups is 1. The monoisotopic (exact) mass is 359 g/mol. The lowest BCUT2D eigenvalue weighted by Crippen LogP contribution is -2.13. The number of hydrogen-bond donors (Lipinski definition) is 2. The first-order valence-electron chi connectivity index (χ1n) is 7.88. The van der Waals surface area contributed by atoms with Crippen LogP contribution in [0.1, 0.15) is 5.56 Å². The van der Waals surface area contributed by atoms with Crippen molar-refractivity contribution in [2.24, 2.45) is 0 Å². The van der Waals surface area contributed by atoms with Crippen LogP contribution in [0.4, 0.5) is 11.4 Å². The van der Waals surface area contributed by atoms with E-state index in [0.717, 1.165) is 22.9 Å². The number of aromatic hydroxyl groups is 1. The summed E-state index contributed by atoms with van der Waals surface area (Å²) < 4.78 is 0. The largest absolute Gasteiger partial charge is 0.502 e. The van der Waals surface area contributed by atoms with Crippen LogP contribution in [-0.2, 0) is 4.79 Å². The first-order chi connectivity index (χ1) is 13.0. The van der Waals surface area contributed by atoms with Gasteiger partial charge in [-0.15, -0.1) is 0 Å². The molecule has 3 aromatic carbocycles. The lowest BCUT2D eigenvalue weighted by atomic mass is 10.1. The number of nitrogens with one attached hydrogen (secondary N) is 1. The second kappa shape index (κ2) is 7.37. The van der Waals surface area contributed by atoms with E-state index >= 15 is 0 Å². The average molecular weight is 359 g/mol. The Bertz CT molecular complexity index is 1120. The molecule has 3 rings (SSSR count). The molecule has 0 spiro atoms. The summed E-state index contributed by atoms with van der Waals surface area (Å²) in [7, 11) is 0. The Hall–Kier alpha value is -4.18. The van der Waals surface area contributed by atoms with Gasteiger partial charge in [-0.2, -0.15) is 5.26 Å². The van der Waals surface area contributed by atoms with Gasteiger partial charge in [-0.1, -0.05) is 42.5 Å². The lowest BCUT2D eigenvalue weighted by Gasteiger charge is -2.08. The minimum Gasteiger partial charge on any atom is -0.502 e. The van der Waals surface area contributed by atoms with Gasteiger partial charge in [-0.3, -0.25) is 14.9 Å². The van der Waals surface area contributed by atoms with E-state index < -0.39 is 22.3 Å². The summed E-state index contributed by atoms with van der Waals surface area (Å²) in [6, 6.07) is 18.3. The summed E-state index contributed by atoms with van der Waals surface area (Å²) >= 11 is 0. The van der Waals surface area contributed by atoms with Crippen molar-refractivity contribution in [3.05, 3.63) is 81.9 Å². The van der Waals surface area contributed by atoms with Crippen LogP contribution >= 0.6 is 0 Å². The number of hydrogen-bond acceptors (Lipinski definition) is 5. The van der Waals surface area contributed by atoms with Crippen LogP contribution in [0.3, 0.4) is 0 Å². The number of anilines is 1. The Morgan fingerprint density at radius 3 is 2.63 bits per heavy atom. The molecule has 0 saturated heterocycles. The molecule has 7 heteroatoms. The molecule has 0 saturated carbocycles. The van der Waals surface area contributed by atoms with Crippen LogP contribution in [0.25, 0.3) is 16.8 Å². The lowest BCUT2D eigenvalue weighted by molar-refractivity contribution is -0.385. The van der Waals surface area contributed by atoms with Crippen LogP contribution in [-0.4, -0.2) is 15.9 Å². The van der Waals surface area contributed by atoms with E-state index in [-0.39, 0.29) is 11.1 Å². The fraction of sp³-hybridized carbons (Fsp3) is 0. The van der Waals surface area contributed by atoms with Gasteiger partial charge in [-0.05, 0) is 29.2 Å². The average Bonchev–Trinajstić information content (AvgIpc) is 2.67. The molecule has 0 aromatic heterocycles. The number of amides is 1. The van der Waals surface area contributed by atoms with Gasteiger partial charge in [0.1, 0.15) is 11.6 Å². The Labute approximate surface area is 153 Å². The molecule has 0 aliphatic heterocycles.